The Balaban J connectivity index is 1.71. The highest BCUT2D eigenvalue weighted by molar-refractivity contribution is 7.98. The molecule has 8 nitrogen and oxygen atoms in total. The monoisotopic (exact) mass is 435 g/mol. The van der Waals surface area contributed by atoms with Gasteiger partial charge in [0.1, 0.15) is 5.75 Å². The minimum Gasteiger partial charge on any atom is -0.496 e. The number of unbranched alkanes of at least 4 members (excludes halogenated alkanes) is 1. The highest BCUT2D eigenvalue weighted by atomic mass is 32.2. The minimum absolute atomic E-state index is 0.604. The van der Waals surface area contributed by atoms with Crippen molar-refractivity contribution < 1.29 is 4.74 Å². The number of thioether (sulfide) groups is 1. The summed E-state index contributed by atoms with van der Waals surface area (Å²) in [7, 11) is 1.66. The molecular weight excluding hydrogens is 410 g/mol. The maximum atomic E-state index is 5.57. The first-order valence-electron chi connectivity index (χ1n) is 10.2. The summed E-state index contributed by atoms with van der Waals surface area (Å²) in [5.74, 6) is 2.92. The summed E-state index contributed by atoms with van der Waals surface area (Å²) < 4.78 is 9.50. The molecule has 0 saturated heterocycles. The molecule has 0 fully saturated rings. The molecule has 0 bridgehead atoms. The third kappa shape index (κ3) is 4.61. The second-order valence-corrected chi connectivity index (χ2v) is 8.08. The van der Waals surface area contributed by atoms with Gasteiger partial charge in [-0.1, -0.05) is 54.9 Å². The van der Waals surface area contributed by atoms with Crippen molar-refractivity contribution in [3.63, 3.8) is 0 Å². The summed E-state index contributed by atoms with van der Waals surface area (Å²) in [6.07, 6.45) is 2.14. The summed E-state index contributed by atoms with van der Waals surface area (Å²) in [4.78, 5) is 0. The van der Waals surface area contributed by atoms with E-state index in [0.29, 0.717) is 5.75 Å². The first-order chi connectivity index (χ1) is 15.2. The highest BCUT2D eigenvalue weighted by Crippen LogP contribution is 2.33. The third-order valence-electron chi connectivity index (χ3n) is 4.93. The average Bonchev–Trinajstić information content (AvgIpc) is 3.43. The van der Waals surface area contributed by atoms with Gasteiger partial charge in [0.05, 0.1) is 18.4 Å². The number of methoxy groups -OCH3 is 1. The Morgan fingerprint density at radius 1 is 1.00 bits per heavy atom. The fourth-order valence-electron chi connectivity index (χ4n) is 3.23. The van der Waals surface area contributed by atoms with E-state index in [4.69, 9.17) is 4.74 Å². The van der Waals surface area contributed by atoms with Crippen molar-refractivity contribution in [1.82, 2.24) is 35.0 Å². The minimum atomic E-state index is 0.604. The van der Waals surface area contributed by atoms with Crippen molar-refractivity contribution in [2.24, 2.45) is 0 Å². The van der Waals surface area contributed by atoms with Crippen LogP contribution in [-0.4, -0.2) is 42.1 Å². The maximum Gasteiger partial charge on any atom is 0.196 e. The van der Waals surface area contributed by atoms with Gasteiger partial charge >= 0.3 is 0 Å². The zero-order valence-corrected chi connectivity index (χ0v) is 18.7. The van der Waals surface area contributed by atoms with Gasteiger partial charge in [0.2, 0.25) is 0 Å². The second-order valence-electron chi connectivity index (χ2n) is 7.14. The molecule has 0 atom stereocenters. The lowest BCUT2D eigenvalue weighted by Gasteiger charge is -2.12. The molecule has 0 radical (unpaired) electrons. The Morgan fingerprint density at radius 3 is 2.58 bits per heavy atom. The van der Waals surface area contributed by atoms with Crippen LogP contribution in [0.2, 0.25) is 0 Å². The number of nitrogens with zero attached hydrogens (tertiary/aromatic N) is 7. The van der Waals surface area contributed by atoms with Crippen LogP contribution in [0.25, 0.3) is 17.1 Å². The van der Waals surface area contributed by atoms with Crippen LogP contribution in [0.1, 0.15) is 31.2 Å². The topological polar surface area (TPSA) is 83.5 Å². The first-order valence-corrected chi connectivity index (χ1v) is 11.2. The van der Waals surface area contributed by atoms with Gasteiger partial charge in [-0.15, -0.1) is 15.3 Å². The van der Waals surface area contributed by atoms with Crippen molar-refractivity contribution in [3.05, 3.63) is 59.9 Å². The molecular formula is C22H25N7OS. The molecule has 31 heavy (non-hydrogen) atoms. The summed E-state index contributed by atoms with van der Waals surface area (Å²) in [5, 5.41) is 21.9. The van der Waals surface area contributed by atoms with Gasteiger partial charge in [-0.25, -0.2) is 4.68 Å². The summed E-state index contributed by atoms with van der Waals surface area (Å²) in [6.45, 7) is 5.04. The molecule has 2 aromatic heterocycles. The van der Waals surface area contributed by atoms with E-state index in [1.54, 1.807) is 18.9 Å². The number of hydrogen-bond acceptors (Lipinski definition) is 7. The Morgan fingerprint density at radius 2 is 1.81 bits per heavy atom. The predicted octanol–water partition coefficient (Wildman–Crippen LogP) is 4.33. The second kappa shape index (κ2) is 9.74. The number of rotatable bonds is 9. The molecule has 4 rings (SSSR count). The van der Waals surface area contributed by atoms with Gasteiger partial charge < -0.3 is 4.74 Å². The lowest BCUT2D eigenvalue weighted by Crippen LogP contribution is -2.06. The van der Waals surface area contributed by atoms with Gasteiger partial charge in [0.15, 0.2) is 16.8 Å². The molecule has 2 aromatic carbocycles. The van der Waals surface area contributed by atoms with Crippen LogP contribution < -0.4 is 4.74 Å². The van der Waals surface area contributed by atoms with Gasteiger partial charge in [0, 0.05) is 12.2 Å². The van der Waals surface area contributed by atoms with Crippen molar-refractivity contribution in [2.75, 3.05) is 7.11 Å². The van der Waals surface area contributed by atoms with E-state index in [-0.39, 0.29) is 0 Å². The number of tetrazole rings is 1. The van der Waals surface area contributed by atoms with Gasteiger partial charge in [-0.3, -0.25) is 4.57 Å². The molecule has 0 spiro atoms. The van der Waals surface area contributed by atoms with E-state index in [1.807, 2.05) is 28.9 Å². The molecule has 9 heteroatoms. The quantitative estimate of drug-likeness (QED) is 0.362. The molecule has 0 saturated carbocycles. The van der Waals surface area contributed by atoms with E-state index in [1.165, 1.54) is 5.56 Å². The maximum absolute atomic E-state index is 5.57. The number of aryl methyl sites for hydroxylation is 2. The average molecular weight is 436 g/mol. The largest absolute Gasteiger partial charge is 0.496 e. The number of aromatic nitrogens is 7. The zero-order chi connectivity index (χ0) is 21.6. The number of hydrogen-bond donors (Lipinski definition) is 0. The summed E-state index contributed by atoms with van der Waals surface area (Å²) in [6, 6.07) is 16.2. The van der Waals surface area contributed by atoms with Crippen molar-refractivity contribution >= 4 is 11.8 Å². The van der Waals surface area contributed by atoms with E-state index >= 15 is 0 Å². The van der Waals surface area contributed by atoms with E-state index in [2.05, 4.69) is 68.4 Å². The lowest BCUT2D eigenvalue weighted by atomic mass is 10.1. The first kappa shape index (κ1) is 21.0. The fraction of sp³-hybridized carbons (Fsp3) is 0.318. The van der Waals surface area contributed by atoms with E-state index in [0.717, 1.165) is 53.2 Å². The van der Waals surface area contributed by atoms with E-state index in [9.17, 15) is 0 Å². The zero-order valence-electron chi connectivity index (χ0n) is 17.9. The Bertz CT molecular complexity index is 1140. The Labute approximate surface area is 185 Å². The number of ether oxygens (including phenoxy) is 1. The standard InChI is InChI=1S/C22H25N7OS/c1-4-5-14-28-20(23-26-27-28)15-31-22-25-24-21(18-8-6-7-9-19(18)30-3)29(22)17-12-10-16(2)11-13-17/h6-13H,4-5,14-15H2,1-3H3. The van der Waals surface area contributed by atoms with Crippen molar-refractivity contribution in [2.45, 2.75) is 44.1 Å². The number of benzene rings is 2. The molecule has 160 valence electrons. The van der Waals surface area contributed by atoms with Crippen LogP contribution in [0.15, 0.2) is 53.7 Å². The predicted molar refractivity (Wildman–Crippen MR) is 120 cm³/mol. The molecule has 0 aliphatic heterocycles. The molecule has 0 unspecified atom stereocenters. The van der Waals surface area contributed by atoms with Crippen molar-refractivity contribution in [1.29, 1.82) is 0 Å². The molecule has 0 aliphatic carbocycles. The van der Waals surface area contributed by atoms with Crippen molar-refractivity contribution in [3.8, 4) is 22.8 Å². The Kier molecular flexibility index (Phi) is 6.61. The fourth-order valence-corrected chi connectivity index (χ4v) is 4.12. The van der Waals surface area contributed by atoms with Crippen LogP contribution >= 0.6 is 11.8 Å². The SMILES string of the molecule is CCCCn1nnnc1CSc1nnc(-c2ccccc2OC)n1-c1ccc(C)cc1. The third-order valence-corrected chi connectivity index (χ3v) is 5.86. The molecule has 2 heterocycles. The van der Waals surface area contributed by atoms with Crippen LogP contribution in [0.4, 0.5) is 0 Å². The summed E-state index contributed by atoms with van der Waals surface area (Å²) in [5.41, 5.74) is 3.07. The molecule has 0 N–H and O–H groups in total. The molecule has 0 amide bonds. The summed E-state index contributed by atoms with van der Waals surface area (Å²) >= 11 is 1.57. The van der Waals surface area contributed by atoms with Crippen LogP contribution in [0, 0.1) is 6.92 Å². The normalized spacial score (nSPS) is 11.1. The van der Waals surface area contributed by atoms with Gasteiger partial charge in [-0.2, -0.15) is 0 Å². The van der Waals surface area contributed by atoms with E-state index < -0.39 is 0 Å². The van der Waals surface area contributed by atoms with Crippen LogP contribution in [-0.2, 0) is 12.3 Å². The number of para-hydroxylation sites is 1. The van der Waals surface area contributed by atoms with Gasteiger partial charge in [-0.05, 0) is 48.0 Å². The Hall–Kier alpha value is -3.20. The van der Waals surface area contributed by atoms with Crippen LogP contribution in [0.5, 0.6) is 5.75 Å². The lowest BCUT2D eigenvalue weighted by molar-refractivity contribution is 0.416. The van der Waals surface area contributed by atoms with Crippen LogP contribution in [0.3, 0.4) is 0 Å². The molecule has 0 aliphatic rings. The van der Waals surface area contributed by atoms with Gasteiger partial charge in [0.25, 0.3) is 0 Å². The highest BCUT2D eigenvalue weighted by Gasteiger charge is 2.20. The molecule has 4 aromatic rings. The smallest absolute Gasteiger partial charge is 0.196 e.